The molecular formula is C45H80F12N2P2. The van der Waals surface area contributed by atoms with Crippen molar-refractivity contribution < 1.29 is 59.5 Å². The van der Waals surface area contributed by atoms with Crippen LogP contribution in [0.1, 0.15) is 208 Å². The summed E-state index contributed by atoms with van der Waals surface area (Å²) in [5, 5.41) is 0. The van der Waals surface area contributed by atoms with Gasteiger partial charge in [0.25, 0.3) is 0 Å². The molecule has 16 heteroatoms. The molecule has 364 valence electrons. The molecule has 2 nitrogen and oxygen atoms in total. The van der Waals surface area contributed by atoms with Crippen LogP contribution in [0.3, 0.4) is 0 Å². The maximum atomic E-state index is 9.87. The van der Waals surface area contributed by atoms with Crippen LogP contribution in [0.2, 0.25) is 0 Å². The SMILES string of the molecule is CCCCCCCCCCCCCCc1cc(C)cc(C)[n+]1CCC[n+]1c(C)cc(C)cc1CCCCCCCCCCCCCC.F[P-](F)(F)(F)(F)F.F[P-](F)(F)(F)(F)F. The van der Waals surface area contributed by atoms with E-state index < -0.39 is 15.6 Å². The molecule has 61 heavy (non-hydrogen) atoms. The average Bonchev–Trinajstić information content (AvgIpc) is 3.08. The Labute approximate surface area is 360 Å². The molecular weight excluding hydrogens is 858 g/mol. The third-order valence-corrected chi connectivity index (χ3v) is 10.5. The van der Waals surface area contributed by atoms with Gasteiger partial charge in [0.1, 0.15) is 0 Å². The molecule has 0 aliphatic carbocycles. The van der Waals surface area contributed by atoms with Gasteiger partial charge in [-0.3, -0.25) is 0 Å². The first kappa shape index (κ1) is 59.3. The second kappa shape index (κ2) is 26.3. The average molecular weight is 939 g/mol. The second-order valence-electron chi connectivity index (χ2n) is 17.2. The number of hydrogen-bond donors (Lipinski definition) is 0. The number of aromatic nitrogens is 2. The number of halogens is 12. The van der Waals surface area contributed by atoms with Crippen molar-refractivity contribution in [3.63, 3.8) is 0 Å². The van der Waals surface area contributed by atoms with Crippen LogP contribution in [-0.2, 0) is 25.9 Å². The van der Waals surface area contributed by atoms with Crippen LogP contribution in [0.5, 0.6) is 0 Å². The van der Waals surface area contributed by atoms with E-state index >= 15 is 0 Å². The van der Waals surface area contributed by atoms with Gasteiger partial charge in [0.05, 0.1) is 6.42 Å². The first-order chi connectivity index (χ1) is 27.9. The molecule has 0 atom stereocenters. The van der Waals surface area contributed by atoms with E-state index in [0.29, 0.717) is 0 Å². The Balaban J connectivity index is 0.00000219. The number of aryl methyl sites for hydroxylation is 6. The summed E-state index contributed by atoms with van der Waals surface area (Å²) in [6, 6.07) is 9.70. The summed E-state index contributed by atoms with van der Waals surface area (Å²) in [5.74, 6) is 0. The van der Waals surface area contributed by atoms with Gasteiger partial charge in [-0.2, -0.15) is 9.13 Å². The fraction of sp³-hybridized carbons (Fsp3) is 0.778. The van der Waals surface area contributed by atoms with Crippen molar-refractivity contribution >= 4 is 15.6 Å². The fourth-order valence-corrected chi connectivity index (χ4v) is 7.77. The van der Waals surface area contributed by atoms with Crippen molar-refractivity contribution in [2.75, 3.05) is 0 Å². The minimum absolute atomic E-state index is 1.12. The predicted octanol–water partition coefficient (Wildman–Crippen LogP) is 19.8. The zero-order valence-corrected chi connectivity index (χ0v) is 39.9. The third-order valence-electron chi connectivity index (χ3n) is 10.5. The molecule has 0 unspecified atom stereocenters. The topological polar surface area (TPSA) is 7.76 Å². The summed E-state index contributed by atoms with van der Waals surface area (Å²) in [6.07, 6.45) is 37.7. The van der Waals surface area contributed by atoms with Crippen molar-refractivity contribution in [2.45, 2.75) is 228 Å². The summed E-state index contributed by atoms with van der Waals surface area (Å²) in [6.45, 7) is 16.1. The Morgan fingerprint density at radius 1 is 0.328 bits per heavy atom. The van der Waals surface area contributed by atoms with E-state index in [4.69, 9.17) is 0 Å². The Morgan fingerprint density at radius 3 is 0.770 bits per heavy atom. The van der Waals surface area contributed by atoms with E-state index in [1.165, 1.54) is 196 Å². The molecule has 0 radical (unpaired) electrons. The number of unbranched alkanes of at least 4 members (excludes halogenated alkanes) is 22. The summed E-state index contributed by atoms with van der Waals surface area (Å²) in [5.41, 5.74) is 8.80. The van der Waals surface area contributed by atoms with Gasteiger partial charge in [-0.15, -0.1) is 0 Å². The summed E-state index contributed by atoms with van der Waals surface area (Å²) in [4.78, 5) is 0. The number of nitrogens with zero attached hydrogens (tertiary/aromatic N) is 2. The van der Waals surface area contributed by atoms with Gasteiger partial charge < -0.3 is 0 Å². The van der Waals surface area contributed by atoms with Gasteiger partial charge >= 0.3 is 66.0 Å². The van der Waals surface area contributed by atoms with Gasteiger partial charge in [0.15, 0.2) is 35.9 Å². The van der Waals surface area contributed by atoms with E-state index in [-0.39, 0.29) is 0 Å². The van der Waals surface area contributed by atoms with Gasteiger partial charge in [-0.05, 0) is 37.8 Å². The minimum atomic E-state index is -10.7. The van der Waals surface area contributed by atoms with Gasteiger partial charge in [-0.25, -0.2) is 0 Å². The molecule has 2 heterocycles. The Kier molecular flexibility index (Phi) is 25.6. The van der Waals surface area contributed by atoms with E-state index in [9.17, 15) is 50.4 Å². The van der Waals surface area contributed by atoms with Crippen LogP contribution in [-0.4, -0.2) is 0 Å². The predicted molar refractivity (Wildman–Crippen MR) is 234 cm³/mol. The Hall–Kier alpha value is -1.68. The van der Waals surface area contributed by atoms with Crippen LogP contribution in [0.15, 0.2) is 24.3 Å². The molecule has 0 spiro atoms. The summed E-state index contributed by atoms with van der Waals surface area (Å²) < 4.78 is 124. The van der Waals surface area contributed by atoms with Crippen molar-refractivity contribution in [3.8, 4) is 0 Å². The molecule has 0 amide bonds. The van der Waals surface area contributed by atoms with E-state index in [0.717, 1.165) is 13.1 Å². The van der Waals surface area contributed by atoms with Crippen LogP contribution in [0, 0.1) is 27.7 Å². The zero-order chi connectivity index (χ0) is 46.8. The quantitative estimate of drug-likeness (QED) is 0.0319. The third kappa shape index (κ3) is 44.7. The van der Waals surface area contributed by atoms with Crippen molar-refractivity contribution in [1.29, 1.82) is 0 Å². The molecule has 2 rings (SSSR count). The van der Waals surface area contributed by atoms with Gasteiger partial charge in [0, 0.05) is 51.0 Å². The molecule has 0 bridgehead atoms. The zero-order valence-electron chi connectivity index (χ0n) is 38.1. The molecule has 0 aliphatic heterocycles. The first-order valence-corrected chi connectivity index (χ1v) is 27.0. The van der Waals surface area contributed by atoms with Crippen molar-refractivity contribution in [1.82, 2.24) is 0 Å². The molecule has 0 aromatic carbocycles. The van der Waals surface area contributed by atoms with Crippen molar-refractivity contribution in [3.05, 3.63) is 58.2 Å². The monoisotopic (exact) mass is 939 g/mol. The standard InChI is InChI=1S/C45H80N2.2F6P/c1-7-9-11-13-15-17-19-21-23-25-27-29-32-44-38-40(3)36-42(5)46(44)34-31-35-47-43(6)37-41(4)39-45(47)33-30-28-26-24-22-20-18-16-14-12-10-8-2;2*1-7(2,3,4,5)6/h36-39H,7-35H2,1-6H3;;/q+2;2*-1. The molecule has 0 saturated heterocycles. The molecule has 0 aliphatic rings. The fourth-order valence-electron chi connectivity index (χ4n) is 7.77. The Morgan fingerprint density at radius 2 is 0.541 bits per heavy atom. The number of hydrogen-bond acceptors (Lipinski definition) is 0. The van der Waals surface area contributed by atoms with E-state index in [2.05, 4.69) is 74.9 Å². The van der Waals surface area contributed by atoms with Gasteiger partial charge in [-0.1, -0.05) is 155 Å². The van der Waals surface area contributed by atoms with Crippen LogP contribution < -0.4 is 9.13 Å². The first-order valence-electron chi connectivity index (χ1n) is 23.0. The number of rotatable bonds is 30. The second-order valence-corrected chi connectivity index (χ2v) is 21.0. The normalized spacial score (nSPS) is 14.2. The molecule has 0 N–H and O–H groups in total. The molecule has 2 aromatic heterocycles. The summed E-state index contributed by atoms with van der Waals surface area (Å²) >= 11 is 0. The van der Waals surface area contributed by atoms with Crippen LogP contribution >= 0.6 is 15.6 Å². The summed E-state index contributed by atoms with van der Waals surface area (Å²) in [7, 11) is -21.3. The molecule has 0 fully saturated rings. The van der Waals surface area contributed by atoms with Crippen molar-refractivity contribution in [2.24, 2.45) is 0 Å². The molecule has 0 saturated carbocycles. The number of pyridine rings is 2. The Bertz CT molecular complexity index is 1360. The molecule has 2 aromatic rings. The van der Waals surface area contributed by atoms with E-state index in [1.807, 2.05) is 0 Å². The maximum absolute atomic E-state index is 10.7. The van der Waals surface area contributed by atoms with Crippen LogP contribution in [0.25, 0.3) is 0 Å². The van der Waals surface area contributed by atoms with E-state index in [1.54, 1.807) is 11.4 Å². The van der Waals surface area contributed by atoms with Crippen LogP contribution in [0.4, 0.5) is 50.4 Å². The van der Waals surface area contributed by atoms with Gasteiger partial charge in [0.2, 0.25) is 0 Å².